The van der Waals surface area contributed by atoms with Gasteiger partial charge in [-0.3, -0.25) is 14.3 Å². The molecule has 2 N–H and O–H groups in total. The molecule has 6 nitrogen and oxygen atoms in total. The summed E-state index contributed by atoms with van der Waals surface area (Å²) in [5.41, 5.74) is 0. The molecule has 1 aromatic heterocycles. The lowest BCUT2D eigenvalue weighted by Crippen LogP contribution is -2.19. The molecule has 1 aromatic rings. The average Bonchev–Trinajstić information content (AvgIpc) is 2.74. The number of aromatic nitrogens is 2. The Kier molecular flexibility index (Phi) is 2.43. The first kappa shape index (κ1) is 11.9. The number of nitrogens with zero attached hydrogens (tertiary/aromatic N) is 2. The summed E-state index contributed by atoms with van der Waals surface area (Å²) in [7, 11) is 0. The molecule has 106 valence electrons. The minimum atomic E-state index is -0.945. The van der Waals surface area contributed by atoms with Crippen molar-refractivity contribution in [2.24, 2.45) is 29.6 Å². The largest absolute Gasteiger partial charge is 0.480 e. The van der Waals surface area contributed by atoms with E-state index in [-0.39, 0.29) is 18.4 Å². The lowest BCUT2D eigenvalue weighted by atomic mass is 10.0. The van der Waals surface area contributed by atoms with Crippen molar-refractivity contribution >= 4 is 17.7 Å². The summed E-state index contributed by atoms with van der Waals surface area (Å²) in [4.78, 5) is 22.8. The van der Waals surface area contributed by atoms with Crippen LogP contribution in [0.25, 0.3) is 0 Å². The quantitative estimate of drug-likeness (QED) is 0.864. The topological polar surface area (TPSA) is 84.2 Å². The summed E-state index contributed by atoms with van der Waals surface area (Å²) in [6, 6.07) is 1.65. The number of nitrogens with one attached hydrogen (secondary N) is 1. The van der Waals surface area contributed by atoms with E-state index in [2.05, 4.69) is 10.4 Å². The number of amides is 1. The van der Waals surface area contributed by atoms with Gasteiger partial charge < -0.3 is 10.4 Å². The summed E-state index contributed by atoms with van der Waals surface area (Å²) in [5.74, 6) is 2.50. The van der Waals surface area contributed by atoms with Crippen LogP contribution in [-0.2, 0) is 16.1 Å². The van der Waals surface area contributed by atoms with Crippen molar-refractivity contribution in [3.8, 4) is 0 Å². The summed E-state index contributed by atoms with van der Waals surface area (Å²) < 4.78 is 1.31. The SMILES string of the molecule is O=C(O)Cn1ccc(NC(=O)C2C3C4CCC(C4)C23)n1. The second kappa shape index (κ2) is 4.07. The number of aliphatic carboxylic acids is 1. The van der Waals surface area contributed by atoms with Gasteiger partial charge in [-0.05, 0) is 42.9 Å². The number of carbonyl (C=O) groups excluding carboxylic acids is 1. The Bertz CT molecular complexity index is 566. The first-order valence-electron chi connectivity index (χ1n) is 7.19. The summed E-state index contributed by atoms with van der Waals surface area (Å²) >= 11 is 0. The monoisotopic (exact) mass is 275 g/mol. The fourth-order valence-corrected chi connectivity index (χ4v) is 4.54. The van der Waals surface area contributed by atoms with Crippen molar-refractivity contribution in [2.75, 3.05) is 5.32 Å². The van der Waals surface area contributed by atoms with E-state index >= 15 is 0 Å². The van der Waals surface area contributed by atoms with Gasteiger partial charge in [-0.15, -0.1) is 0 Å². The Morgan fingerprint density at radius 3 is 2.70 bits per heavy atom. The molecule has 0 saturated heterocycles. The lowest BCUT2D eigenvalue weighted by molar-refractivity contribution is -0.137. The molecule has 4 unspecified atom stereocenters. The Labute approximate surface area is 116 Å². The van der Waals surface area contributed by atoms with Crippen molar-refractivity contribution in [1.82, 2.24) is 9.78 Å². The summed E-state index contributed by atoms with van der Waals surface area (Å²) in [6.07, 6.45) is 5.49. The maximum Gasteiger partial charge on any atom is 0.325 e. The van der Waals surface area contributed by atoms with Gasteiger partial charge in [0.2, 0.25) is 5.91 Å². The second-order valence-electron chi connectivity index (χ2n) is 6.30. The van der Waals surface area contributed by atoms with Gasteiger partial charge in [-0.1, -0.05) is 0 Å². The smallest absolute Gasteiger partial charge is 0.325 e. The number of carbonyl (C=O) groups is 2. The predicted molar refractivity (Wildman–Crippen MR) is 69.8 cm³/mol. The maximum absolute atomic E-state index is 12.3. The van der Waals surface area contributed by atoms with Crippen LogP contribution in [0.5, 0.6) is 0 Å². The number of carboxylic acids is 1. The van der Waals surface area contributed by atoms with Crippen LogP contribution in [0, 0.1) is 29.6 Å². The molecule has 1 amide bonds. The number of rotatable bonds is 4. The van der Waals surface area contributed by atoms with E-state index in [1.165, 1.54) is 23.9 Å². The van der Waals surface area contributed by atoms with E-state index in [1.54, 1.807) is 12.3 Å². The van der Waals surface area contributed by atoms with Gasteiger partial charge in [0, 0.05) is 18.2 Å². The standard InChI is InChI=1S/C14H17N3O3/c18-10(19)6-17-4-3-9(16-17)15-14(20)13-11-7-1-2-8(5-7)12(11)13/h3-4,7-8,11-13H,1-2,5-6H2,(H,18,19)(H,15,16,20). The van der Waals surface area contributed by atoms with Gasteiger partial charge in [0.05, 0.1) is 0 Å². The fraction of sp³-hybridized carbons (Fsp3) is 0.643. The number of carboxylic acid groups (broad SMARTS) is 1. The maximum atomic E-state index is 12.3. The van der Waals surface area contributed by atoms with E-state index in [0.717, 1.165) is 11.8 Å². The molecule has 0 spiro atoms. The van der Waals surface area contributed by atoms with Gasteiger partial charge in [0.1, 0.15) is 6.54 Å². The second-order valence-corrected chi connectivity index (χ2v) is 6.30. The van der Waals surface area contributed by atoms with Gasteiger partial charge in [0.25, 0.3) is 0 Å². The van der Waals surface area contributed by atoms with E-state index in [1.807, 2.05) is 0 Å². The molecule has 0 aromatic carbocycles. The zero-order valence-corrected chi connectivity index (χ0v) is 11.0. The molecule has 0 aliphatic heterocycles. The van der Waals surface area contributed by atoms with Crippen LogP contribution in [-0.4, -0.2) is 26.8 Å². The lowest BCUT2D eigenvalue weighted by Gasteiger charge is -2.07. The molecule has 0 radical (unpaired) electrons. The molecule has 4 rings (SSSR count). The Morgan fingerprint density at radius 1 is 1.35 bits per heavy atom. The fourth-order valence-electron chi connectivity index (χ4n) is 4.54. The van der Waals surface area contributed by atoms with Crippen LogP contribution in [0.15, 0.2) is 12.3 Å². The Hall–Kier alpha value is -1.85. The van der Waals surface area contributed by atoms with Crippen molar-refractivity contribution in [2.45, 2.75) is 25.8 Å². The molecule has 20 heavy (non-hydrogen) atoms. The molecule has 2 bridgehead atoms. The molecular formula is C14H17N3O3. The van der Waals surface area contributed by atoms with Gasteiger partial charge in [0.15, 0.2) is 5.82 Å². The molecular weight excluding hydrogens is 258 g/mol. The minimum absolute atomic E-state index is 0.0668. The van der Waals surface area contributed by atoms with Crippen LogP contribution < -0.4 is 5.32 Å². The van der Waals surface area contributed by atoms with E-state index in [9.17, 15) is 9.59 Å². The van der Waals surface area contributed by atoms with Gasteiger partial charge in [-0.25, -0.2) is 0 Å². The highest BCUT2D eigenvalue weighted by molar-refractivity contribution is 5.94. The normalized spacial score (nSPS) is 36.7. The van der Waals surface area contributed by atoms with Crippen molar-refractivity contribution in [3.05, 3.63) is 12.3 Å². The third-order valence-corrected chi connectivity index (χ3v) is 5.23. The van der Waals surface area contributed by atoms with Crippen LogP contribution >= 0.6 is 0 Å². The number of hydrogen-bond donors (Lipinski definition) is 2. The summed E-state index contributed by atoms with van der Waals surface area (Å²) in [6.45, 7) is -0.186. The zero-order valence-electron chi connectivity index (χ0n) is 11.0. The molecule has 6 heteroatoms. The van der Waals surface area contributed by atoms with Crippen molar-refractivity contribution < 1.29 is 14.7 Å². The number of hydrogen-bond acceptors (Lipinski definition) is 3. The Balaban J connectivity index is 1.39. The average molecular weight is 275 g/mol. The number of fused-ring (bicyclic) bond motifs is 5. The molecule has 4 atom stereocenters. The molecule has 1 heterocycles. The van der Waals surface area contributed by atoms with Crippen LogP contribution in [0.2, 0.25) is 0 Å². The van der Waals surface area contributed by atoms with Crippen LogP contribution in [0.4, 0.5) is 5.82 Å². The molecule has 3 aliphatic rings. The third kappa shape index (κ3) is 1.74. The van der Waals surface area contributed by atoms with E-state index in [0.29, 0.717) is 17.7 Å². The molecule has 3 saturated carbocycles. The van der Waals surface area contributed by atoms with E-state index in [4.69, 9.17) is 5.11 Å². The highest BCUT2D eigenvalue weighted by atomic mass is 16.4. The minimum Gasteiger partial charge on any atom is -0.480 e. The van der Waals surface area contributed by atoms with Gasteiger partial charge in [-0.2, -0.15) is 5.10 Å². The van der Waals surface area contributed by atoms with E-state index < -0.39 is 5.97 Å². The van der Waals surface area contributed by atoms with Crippen LogP contribution in [0.1, 0.15) is 19.3 Å². The predicted octanol–water partition coefficient (Wildman–Crippen LogP) is 1.20. The molecule has 3 aliphatic carbocycles. The zero-order chi connectivity index (χ0) is 13.9. The molecule has 3 fully saturated rings. The first-order valence-corrected chi connectivity index (χ1v) is 7.19. The highest BCUT2D eigenvalue weighted by Crippen LogP contribution is 2.69. The van der Waals surface area contributed by atoms with Crippen molar-refractivity contribution in [3.63, 3.8) is 0 Å². The number of anilines is 1. The first-order chi connectivity index (χ1) is 9.63. The van der Waals surface area contributed by atoms with Crippen LogP contribution in [0.3, 0.4) is 0 Å². The highest BCUT2D eigenvalue weighted by Gasteiger charge is 2.67. The van der Waals surface area contributed by atoms with Crippen molar-refractivity contribution in [1.29, 1.82) is 0 Å². The van der Waals surface area contributed by atoms with Gasteiger partial charge >= 0.3 is 5.97 Å². The Morgan fingerprint density at radius 2 is 2.05 bits per heavy atom. The summed E-state index contributed by atoms with van der Waals surface area (Å²) in [5, 5.41) is 15.6. The third-order valence-electron chi connectivity index (χ3n) is 5.23.